The van der Waals surface area contributed by atoms with Crippen molar-refractivity contribution in [2.45, 2.75) is 32.9 Å². The highest BCUT2D eigenvalue weighted by molar-refractivity contribution is 7.98. The minimum Gasteiger partial charge on any atom is -0.356 e. The molecular formula is C18H26F2N6S. The van der Waals surface area contributed by atoms with Crippen LogP contribution in [0.2, 0.25) is 0 Å². The molecule has 1 aromatic heterocycles. The van der Waals surface area contributed by atoms with Crippen LogP contribution < -0.4 is 10.6 Å². The van der Waals surface area contributed by atoms with E-state index in [9.17, 15) is 8.78 Å². The Morgan fingerprint density at radius 2 is 2.07 bits per heavy atom. The van der Waals surface area contributed by atoms with Gasteiger partial charge in [0.25, 0.3) is 0 Å². The summed E-state index contributed by atoms with van der Waals surface area (Å²) in [5.41, 5.74) is 0.641. The van der Waals surface area contributed by atoms with Gasteiger partial charge in [0.1, 0.15) is 12.4 Å². The maximum absolute atomic E-state index is 13.5. The van der Waals surface area contributed by atoms with Crippen LogP contribution in [0.5, 0.6) is 0 Å². The molecule has 0 bridgehead atoms. The average Bonchev–Trinajstić information content (AvgIpc) is 2.97. The van der Waals surface area contributed by atoms with Gasteiger partial charge in [-0.25, -0.2) is 13.8 Å². The third kappa shape index (κ3) is 6.20. The molecule has 0 spiro atoms. The lowest BCUT2D eigenvalue weighted by atomic mass is 10.1. The lowest BCUT2D eigenvalue weighted by Crippen LogP contribution is -2.39. The molecule has 2 rings (SSSR count). The Hall–Kier alpha value is -2.16. The van der Waals surface area contributed by atoms with Gasteiger partial charge in [0, 0.05) is 13.6 Å². The van der Waals surface area contributed by atoms with Crippen LogP contribution >= 0.6 is 11.8 Å². The van der Waals surface area contributed by atoms with E-state index in [-0.39, 0.29) is 6.04 Å². The largest absolute Gasteiger partial charge is 0.356 e. The molecule has 9 heteroatoms. The molecule has 2 N–H and O–H groups in total. The van der Waals surface area contributed by atoms with Gasteiger partial charge in [0.2, 0.25) is 0 Å². The average molecular weight is 397 g/mol. The molecule has 1 unspecified atom stereocenters. The number of nitrogens with zero attached hydrogens (tertiary/aromatic N) is 4. The molecule has 0 fully saturated rings. The summed E-state index contributed by atoms with van der Waals surface area (Å²) >= 11 is 1.78. The molecule has 1 heterocycles. The van der Waals surface area contributed by atoms with Crippen molar-refractivity contribution in [3.63, 3.8) is 0 Å². The summed E-state index contributed by atoms with van der Waals surface area (Å²) < 4.78 is 28.6. The van der Waals surface area contributed by atoms with Crippen molar-refractivity contribution in [3.8, 4) is 0 Å². The van der Waals surface area contributed by atoms with Crippen LogP contribution in [0.4, 0.5) is 8.78 Å². The zero-order valence-corrected chi connectivity index (χ0v) is 16.9. The van der Waals surface area contributed by atoms with Crippen LogP contribution in [0, 0.1) is 18.6 Å². The van der Waals surface area contributed by atoms with Gasteiger partial charge in [0.05, 0.1) is 6.04 Å². The highest BCUT2D eigenvalue weighted by atomic mass is 32.2. The quantitative estimate of drug-likeness (QED) is 0.408. The van der Waals surface area contributed by atoms with Gasteiger partial charge >= 0.3 is 0 Å². The van der Waals surface area contributed by atoms with E-state index in [2.05, 4.69) is 32.1 Å². The SMILES string of the molecule is CSCCCNC(=NCc1nnc(C)n1C)NC(C)c1ccc(F)c(F)c1. The molecule has 1 atom stereocenters. The van der Waals surface area contributed by atoms with Crippen molar-refractivity contribution in [3.05, 3.63) is 47.0 Å². The van der Waals surface area contributed by atoms with Crippen LogP contribution in [-0.4, -0.2) is 39.3 Å². The molecule has 27 heavy (non-hydrogen) atoms. The fraction of sp³-hybridized carbons (Fsp3) is 0.500. The fourth-order valence-electron chi connectivity index (χ4n) is 2.38. The number of nitrogens with one attached hydrogen (secondary N) is 2. The normalized spacial score (nSPS) is 12.9. The number of aliphatic imine (C=N–C) groups is 1. The first-order valence-corrected chi connectivity index (χ1v) is 10.2. The Bertz CT molecular complexity index is 777. The Kier molecular flexibility index (Phi) is 8.02. The third-order valence-corrected chi connectivity index (χ3v) is 4.87. The molecule has 6 nitrogen and oxygen atoms in total. The summed E-state index contributed by atoms with van der Waals surface area (Å²) in [5.74, 6) is 1.49. The molecule has 0 radical (unpaired) electrons. The van der Waals surface area contributed by atoms with Crippen LogP contribution in [-0.2, 0) is 13.6 Å². The van der Waals surface area contributed by atoms with Crippen molar-refractivity contribution in [2.24, 2.45) is 12.0 Å². The number of rotatable bonds is 8. The number of aryl methyl sites for hydroxylation is 1. The fourth-order valence-corrected chi connectivity index (χ4v) is 2.82. The van der Waals surface area contributed by atoms with Crippen molar-refractivity contribution >= 4 is 17.7 Å². The molecule has 148 valence electrons. The van der Waals surface area contributed by atoms with Gasteiger partial charge in [0.15, 0.2) is 23.4 Å². The summed E-state index contributed by atoms with van der Waals surface area (Å²) in [7, 11) is 1.89. The Labute approximate surface area is 162 Å². The van der Waals surface area contributed by atoms with E-state index in [1.807, 2.05) is 25.5 Å². The number of hydrogen-bond acceptors (Lipinski definition) is 4. The topological polar surface area (TPSA) is 67.1 Å². The molecule has 0 aliphatic rings. The van der Waals surface area contributed by atoms with Crippen LogP contribution in [0.25, 0.3) is 0 Å². The molecule has 0 saturated heterocycles. The Morgan fingerprint density at radius 1 is 1.30 bits per heavy atom. The van der Waals surface area contributed by atoms with E-state index in [1.165, 1.54) is 6.07 Å². The molecule has 0 amide bonds. The van der Waals surface area contributed by atoms with Gasteiger partial charge in [-0.1, -0.05) is 6.07 Å². The summed E-state index contributed by atoms with van der Waals surface area (Å²) in [6, 6.07) is 3.65. The first kappa shape index (κ1) is 21.1. The Morgan fingerprint density at radius 3 is 2.70 bits per heavy atom. The van der Waals surface area contributed by atoms with Gasteiger partial charge in [-0.3, -0.25) is 0 Å². The number of hydrogen-bond donors (Lipinski definition) is 2. The number of halogens is 2. The van der Waals surface area contributed by atoms with E-state index in [1.54, 1.807) is 17.8 Å². The van der Waals surface area contributed by atoms with Crippen molar-refractivity contribution in [1.82, 2.24) is 25.4 Å². The number of aromatic nitrogens is 3. The van der Waals surface area contributed by atoms with Crippen LogP contribution in [0.15, 0.2) is 23.2 Å². The maximum Gasteiger partial charge on any atom is 0.192 e. The number of benzene rings is 1. The smallest absolute Gasteiger partial charge is 0.192 e. The van der Waals surface area contributed by atoms with Gasteiger partial charge in [-0.15, -0.1) is 10.2 Å². The number of thioether (sulfide) groups is 1. The summed E-state index contributed by atoms with van der Waals surface area (Å²) in [5, 5.41) is 14.7. The Balaban J connectivity index is 2.09. The van der Waals surface area contributed by atoms with Gasteiger partial charge < -0.3 is 15.2 Å². The van der Waals surface area contributed by atoms with Crippen LogP contribution in [0.3, 0.4) is 0 Å². The summed E-state index contributed by atoms with van der Waals surface area (Å²) in [6.45, 7) is 4.87. The molecular weight excluding hydrogens is 370 g/mol. The molecule has 0 saturated carbocycles. The monoisotopic (exact) mass is 396 g/mol. The van der Waals surface area contributed by atoms with E-state index < -0.39 is 11.6 Å². The highest BCUT2D eigenvalue weighted by Crippen LogP contribution is 2.16. The molecule has 0 aliphatic carbocycles. The summed E-state index contributed by atoms with van der Waals surface area (Å²) in [6.07, 6.45) is 3.05. The van der Waals surface area contributed by atoms with Crippen molar-refractivity contribution in [2.75, 3.05) is 18.6 Å². The predicted octanol–water partition coefficient (Wildman–Crippen LogP) is 2.95. The van der Waals surface area contributed by atoms with Crippen molar-refractivity contribution < 1.29 is 8.78 Å². The third-order valence-electron chi connectivity index (χ3n) is 4.18. The lowest BCUT2D eigenvalue weighted by molar-refractivity contribution is 0.504. The maximum atomic E-state index is 13.5. The standard InChI is InChI=1S/C18H26F2N6S/c1-12(14-6-7-15(19)16(20)10-14)23-18(21-8-5-9-27-4)22-11-17-25-24-13(2)26(17)3/h6-7,10,12H,5,8-9,11H2,1-4H3,(H2,21,22,23). The highest BCUT2D eigenvalue weighted by Gasteiger charge is 2.12. The van der Waals surface area contributed by atoms with Gasteiger partial charge in [-0.2, -0.15) is 11.8 Å². The molecule has 0 aliphatic heterocycles. The van der Waals surface area contributed by atoms with Crippen molar-refractivity contribution in [1.29, 1.82) is 0 Å². The molecule has 1 aromatic carbocycles. The molecule has 2 aromatic rings. The number of guanidine groups is 1. The van der Waals surface area contributed by atoms with E-state index in [0.717, 1.165) is 36.4 Å². The first-order valence-electron chi connectivity index (χ1n) is 8.76. The predicted molar refractivity (Wildman–Crippen MR) is 106 cm³/mol. The second kappa shape index (κ2) is 10.2. The summed E-state index contributed by atoms with van der Waals surface area (Å²) in [4.78, 5) is 4.57. The van der Waals surface area contributed by atoms with E-state index >= 15 is 0 Å². The second-order valence-corrected chi connectivity index (χ2v) is 7.19. The minimum atomic E-state index is -0.859. The second-order valence-electron chi connectivity index (χ2n) is 6.20. The zero-order valence-electron chi connectivity index (χ0n) is 16.1. The first-order chi connectivity index (χ1) is 12.9. The van der Waals surface area contributed by atoms with Gasteiger partial charge in [-0.05, 0) is 50.0 Å². The zero-order chi connectivity index (χ0) is 19.8. The van der Waals surface area contributed by atoms with E-state index in [0.29, 0.717) is 18.1 Å². The lowest BCUT2D eigenvalue weighted by Gasteiger charge is -2.19. The minimum absolute atomic E-state index is 0.242. The van der Waals surface area contributed by atoms with Crippen LogP contribution in [0.1, 0.15) is 36.6 Å². The van der Waals surface area contributed by atoms with E-state index in [4.69, 9.17) is 0 Å².